The van der Waals surface area contributed by atoms with E-state index in [0.717, 1.165) is 0 Å². The maximum Gasteiger partial charge on any atom is 0.303 e. The predicted octanol–water partition coefficient (Wildman–Crippen LogP) is 4.96. The number of halogens is 3. The van der Waals surface area contributed by atoms with Crippen molar-refractivity contribution < 1.29 is 33.3 Å². The third-order valence-corrected chi connectivity index (χ3v) is 8.10. The van der Waals surface area contributed by atoms with Gasteiger partial charge in [-0.1, -0.05) is 57.8 Å². The molecule has 0 bridgehead atoms. The summed E-state index contributed by atoms with van der Waals surface area (Å²) in [7, 11) is 0. The Balaban J connectivity index is 1.84. The molecule has 4 rings (SSSR count). The first kappa shape index (κ1) is 31.0. The van der Waals surface area contributed by atoms with E-state index < -0.39 is 41.1 Å². The Kier molecular flexibility index (Phi) is 10.1. The van der Waals surface area contributed by atoms with Gasteiger partial charge < -0.3 is 18.9 Å². The molecule has 15 heteroatoms. The maximum absolute atomic E-state index is 12.4. The van der Waals surface area contributed by atoms with E-state index in [9.17, 15) is 14.4 Å². The number of esters is 3. The number of hydrogen-bond donors (Lipinski definition) is 0. The quantitative estimate of drug-likeness (QED) is 0.231. The molecule has 0 N–H and O–H groups in total. The molecule has 11 nitrogen and oxygen atoms in total. The van der Waals surface area contributed by atoms with Crippen LogP contribution >= 0.6 is 46.6 Å². The van der Waals surface area contributed by atoms with Gasteiger partial charge in [0, 0.05) is 50.0 Å². The molecule has 4 atom stereocenters. The number of hydrogen-bond acceptors (Lipinski definition) is 11. The molecule has 2 aromatic heterocycles. The van der Waals surface area contributed by atoms with Crippen LogP contribution in [0.5, 0.6) is 0 Å². The predicted molar refractivity (Wildman–Crippen MR) is 151 cm³/mol. The van der Waals surface area contributed by atoms with E-state index in [0.29, 0.717) is 31.2 Å². The molecular formula is C26H25Cl3N4O7S. The lowest BCUT2D eigenvalue weighted by atomic mass is 9.84. The van der Waals surface area contributed by atoms with Crippen LogP contribution in [0.25, 0.3) is 11.3 Å². The monoisotopic (exact) mass is 642 g/mol. The molecule has 1 aliphatic rings. The van der Waals surface area contributed by atoms with Crippen molar-refractivity contribution in [3.63, 3.8) is 0 Å². The fraction of sp³-hybridized carbons (Fsp3) is 0.385. The summed E-state index contributed by atoms with van der Waals surface area (Å²) in [5.41, 5.74) is -1.19. The van der Waals surface area contributed by atoms with Gasteiger partial charge in [-0.25, -0.2) is 4.68 Å². The van der Waals surface area contributed by atoms with E-state index in [1.54, 1.807) is 36.7 Å². The Labute approximate surface area is 254 Å². The van der Waals surface area contributed by atoms with Crippen LogP contribution in [0.1, 0.15) is 27.2 Å². The molecule has 1 fully saturated rings. The summed E-state index contributed by atoms with van der Waals surface area (Å²) in [5.74, 6) is -1.68. The van der Waals surface area contributed by atoms with E-state index >= 15 is 0 Å². The number of benzene rings is 1. The molecule has 0 spiro atoms. The number of nitrogens with zero attached hydrogens (tertiary/aromatic N) is 4. The number of pyridine rings is 1. The molecule has 41 heavy (non-hydrogen) atoms. The number of carbonyl (C=O) groups excluding carboxylic acids is 3. The molecule has 218 valence electrons. The second-order valence-electron chi connectivity index (χ2n) is 9.18. The highest BCUT2D eigenvalue weighted by Crippen LogP contribution is 2.44. The second kappa shape index (κ2) is 13.4. The highest BCUT2D eigenvalue weighted by Gasteiger charge is 2.56. The molecule has 3 aromatic rings. The van der Waals surface area contributed by atoms with Gasteiger partial charge in [-0.15, -0.1) is 5.10 Å². The van der Waals surface area contributed by atoms with Gasteiger partial charge in [0.25, 0.3) is 0 Å². The molecule has 3 heterocycles. The van der Waals surface area contributed by atoms with E-state index in [1.807, 2.05) is 0 Å². The van der Waals surface area contributed by atoms with Gasteiger partial charge in [0.1, 0.15) is 29.9 Å². The molecule has 0 radical (unpaired) electrons. The number of aromatic nitrogens is 4. The molecule has 1 saturated heterocycles. The Morgan fingerprint density at radius 1 is 1.05 bits per heavy atom. The average molecular weight is 644 g/mol. The summed E-state index contributed by atoms with van der Waals surface area (Å²) in [4.78, 5) is 40.9. The van der Waals surface area contributed by atoms with Crippen molar-refractivity contribution in [2.45, 2.75) is 55.3 Å². The van der Waals surface area contributed by atoms with Gasteiger partial charge in [-0.05, 0) is 18.2 Å². The Morgan fingerprint density at radius 3 is 2.46 bits per heavy atom. The van der Waals surface area contributed by atoms with E-state index in [4.69, 9.17) is 53.8 Å². The molecular weight excluding hydrogens is 619 g/mol. The van der Waals surface area contributed by atoms with Crippen LogP contribution in [0.15, 0.2) is 47.8 Å². The third-order valence-electron chi connectivity index (χ3n) is 6.07. The lowest BCUT2D eigenvalue weighted by molar-refractivity contribution is -0.201. The van der Waals surface area contributed by atoms with Gasteiger partial charge in [0.15, 0.2) is 6.10 Å². The first-order valence-electron chi connectivity index (χ1n) is 12.2. The minimum absolute atomic E-state index is 0.0700. The van der Waals surface area contributed by atoms with Crippen molar-refractivity contribution >= 4 is 64.5 Å². The Morgan fingerprint density at radius 2 is 1.80 bits per heavy atom. The molecule has 3 unspecified atom stereocenters. The zero-order valence-electron chi connectivity index (χ0n) is 22.1. The van der Waals surface area contributed by atoms with Gasteiger partial charge in [-0.2, -0.15) is 0 Å². The van der Waals surface area contributed by atoms with Gasteiger partial charge in [0.05, 0.1) is 27.4 Å². The molecule has 0 saturated carbocycles. The highest BCUT2D eigenvalue weighted by molar-refractivity contribution is 7.99. The van der Waals surface area contributed by atoms with Crippen molar-refractivity contribution in [2.24, 2.45) is 0 Å². The van der Waals surface area contributed by atoms with Gasteiger partial charge in [-0.3, -0.25) is 19.4 Å². The summed E-state index contributed by atoms with van der Waals surface area (Å²) in [5, 5.41) is 9.76. The first-order chi connectivity index (χ1) is 19.5. The SMILES string of the molecule is CC(=O)OCC1CC(COC(C)=O)(n2cc(-c3ccc(Cl)c(Cl)c3)nn2)C(OC(C)=O)[C@@H](Sc2cncc(Cl)c2)O1. The van der Waals surface area contributed by atoms with Gasteiger partial charge >= 0.3 is 17.9 Å². The van der Waals surface area contributed by atoms with Crippen molar-refractivity contribution in [3.05, 3.63) is 57.9 Å². The lowest BCUT2D eigenvalue weighted by Crippen LogP contribution is -2.62. The van der Waals surface area contributed by atoms with Crippen molar-refractivity contribution in [1.82, 2.24) is 20.0 Å². The van der Waals surface area contributed by atoms with E-state index in [-0.39, 0.29) is 19.6 Å². The molecule has 0 aliphatic carbocycles. The van der Waals surface area contributed by atoms with Crippen LogP contribution in [-0.4, -0.2) is 68.7 Å². The standard InChI is InChI=1S/C26H25Cl3N4O7S/c1-14(34)37-12-19-8-26(13-38-15(2)35,33-11-23(31-32-33)17-4-5-21(28)22(29)6-17)24(39-16(3)36)25(40-19)41-20-7-18(27)9-30-10-20/h4-7,9-11,19,24-25H,8,12-13H2,1-3H3/t19?,24?,25-,26?/m1/s1. The highest BCUT2D eigenvalue weighted by atomic mass is 35.5. The average Bonchev–Trinajstić information content (AvgIpc) is 3.40. The molecule has 0 amide bonds. The number of rotatable bonds is 9. The molecule has 1 aromatic carbocycles. The second-order valence-corrected chi connectivity index (χ2v) is 11.6. The third kappa shape index (κ3) is 7.69. The van der Waals surface area contributed by atoms with Crippen molar-refractivity contribution in [3.8, 4) is 11.3 Å². The normalized spacial score (nSPS) is 22.1. The Bertz CT molecular complexity index is 1440. The molecule has 1 aliphatic heterocycles. The fourth-order valence-corrected chi connectivity index (χ4v) is 6.10. The summed E-state index contributed by atoms with van der Waals surface area (Å²) in [6.45, 7) is 3.41. The number of ether oxygens (including phenoxy) is 4. The summed E-state index contributed by atoms with van der Waals surface area (Å²) >= 11 is 19.6. The minimum Gasteiger partial charge on any atom is -0.463 e. The van der Waals surface area contributed by atoms with Gasteiger partial charge in [0.2, 0.25) is 0 Å². The van der Waals surface area contributed by atoms with Crippen molar-refractivity contribution in [2.75, 3.05) is 13.2 Å². The zero-order valence-corrected chi connectivity index (χ0v) is 25.2. The van der Waals surface area contributed by atoms with Crippen LogP contribution in [-0.2, 0) is 38.9 Å². The first-order valence-corrected chi connectivity index (χ1v) is 14.2. The topological polar surface area (TPSA) is 132 Å². The maximum atomic E-state index is 12.4. The lowest BCUT2D eigenvalue weighted by Gasteiger charge is -2.48. The van der Waals surface area contributed by atoms with Crippen LogP contribution in [0.3, 0.4) is 0 Å². The smallest absolute Gasteiger partial charge is 0.303 e. The zero-order chi connectivity index (χ0) is 29.7. The van der Waals surface area contributed by atoms with Crippen molar-refractivity contribution in [1.29, 1.82) is 0 Å². The van der Waals surface area contributed by atoms with Crippen LogP contribution < -0.4 is 0 Å². The fourth-order valence-electron chi connectivity index (χ4n) is 4.33. The van der Waals surface area contributed by atoms with Crippen LogP contribution in [0.4, 0.5) is 0 Å². The summed E-state index contributed by atoms with van der Waals surface area (Å²) < 4.78 is 24.5. The van der Waals surface area contributed by atoms with Crippen LogP contribution in [0.2, 0.25) is 15.1 Å². The summed E-state index contributed by atoms with van der Waals surface area (Å²) in [6, 6.07) is 6.67. The number of carbonyl (C=O) groups is 3. The van der Waals surface area contributed by atoms with E-state index in [1.165, 1.54) is 43.4 Å². The number of thioether (sulfide) groups is 1. The largest absolute Gasteiger partial charge is 0.463 e. The van der Waals surface area contributed by atoms with Crippen LogP contribution in [0, 0.1) is 0 Å². The minimum atomic E-state index is -1.34. The van der Waals surface area contributed by atoms with E-state index in [2.05, 4.69) is 15.3 Å². The Hall–Kier alpha value is -2.90. The summed E-state index contributed by atoms with van der Waals surface area (Å²) in [6.07, 6.45) is 2.96.